The minimum atomic E-state index is -0.645. The van der Waals surface area contributed by atoms with Crippen LogP contribution in [0.5, 0.6) is 0 Å². The molecule has 4 heteroatoms. The number of rotatable bonds is 4. The molecule has 1 aromatic rings. The van der Waals surface area contributed by atoms with Gasteiger partial charge in [-0.15, -0.1) is 0 Å². The Labute approximate surface area is 127 Å². The van der Waals surface area contributed by atoms with E-state index >= 15 is 0 Å². The zero-order valence-electron chi connectivity index (χ0n) is 11.9. The summed E-state index contributed by atoms with van der Waals surface area (Å²) in [6.45, 7) is 2.21. The molecule has 0 aromatic heterocycles. The first-order valence-electron chi connectivity index (χ1n) is 6.99. The number of benzene rings is 1. The minimum absolute atomic E-state index is 0.102. The number of carbonyl (C=O) groups excluding carboxylic acids is 1. The first-order valence-corrected chi connectivity index (χ1v) is 7.78. The Hall–Kier alpha value is -0.740. The highest BCUT2D eigenvalue weighted by molar-refractivity contribution is 9.10. The standard InChI is InChI=1S/C16H20BrFO2/c1-11-5-7-16(20-2,8-6-11)15(19)10-12-3-4-14(18)13(17)9-12/h3-4,9,11H,5-8,10H2,1-2H3. The topological polar surface area (TPSA) is 26.3 Å². The normalized spacial score (nSPS) is 26.5. The van der Waals surface area contributed by atoms with Crippen LogP contribution in [-0.2, 0) is 16.0 Å². The molecule has 0 unspecified atom stereocenters. The Morgan fingerprint density at radius 1 is 1.45 bits per heavy atom. The summed E-state index contributed by atoms with van der Waals surface area (Å²) in [7, 11) is 1.62. The van der Waals surface area contributed by atoms with Crippen LogP contribution in [-0.4, -0.2) is 18.5 Å². The summed E-state index contributed by atoms with van der Waals surface area (Å²) in [5.74, 6) is 0.450. The lowest BCUT2D eigenvalue weighted by Gasteiger charge is -2.37. The van der Waals surface area contributed by atoms with E-state index in [0.717, 1.165) is 31.2 Å². The summed E-state index contributed by atoms with van der Waals surface area (Å²) in [4.78, 5) is 12.6. The fraction of sp³-hybridized carbons (Fsp3) is 0.562. The Balaban J connectivity index is 2.11. The molecule has 0 bridgehead atoms. The van der Waals surface area contributed by atoms with Crippen molar-refractivity contribution in [1.82, 2.24) is 0 Å². The molecule has 1 aliphatic rings. The fourth-order valence-electron chi connectivity index (χ4n) is 2.82. The number of methoxy groups -OCH3 is 1. The van der Waals surface area contributed by atoms with Gasteiger partial charge >= 0.3 is 0 Å². The third-order valence-corrected chi connectivity index (χ3v) is 4.94. The second-order valence-corrected chi connectivity index (χ2v) is 6.58. The van der Waals surface area contributed by atoms with Crippen molar-refractivity contribution in [3.8, 4) is 0 Å². The molecule has 0 atom stereocenters. The molecule has 2 nitrogen and oxygen atoms in total. The molecule has 0 spiro atoms. The van der Waals surface area contributed by atoms with Crippen LogP contribution in [0.15, 0.2) is 22.7 Å². The molecule has 0 heterocycles. The second-order valence-electron chi connectivity index (χ2n) is 5.73. The number of hydrogen-bond donors (Lipinski definition) is 0. The van der Waals surface area contributed by atoms with Gasteiger partial charge in [-0.3, -0.25) is 4.79 Å². The molecule has 110 valence electrons. The van der Waals surface area contributed by atoms with E-state index in [9.17, 15) is 9.18 Å². The zero-order chi connectivity index (χ0) is 14.8. The van der Waals surface area contributed by atoms with Crippen LogP contribution in [0.2, 0.25) is 0 Å². The smallest absolute Gasteiger partial charge is 0.168 e. The molecule has 0 radical (unpaired) electrons. The molecule has 1 fully saturated rings. The van der Waals surface area contributed by atoms with Gasteiger partial charge in [-0.05, 0) is 65.2 Å². The lowest BCUT2D eigenvalue weighted by molar-refractivity contribution is -0.145. The number of ether oxygens (including phenoxy) is 1. The second kappa shape index (κ2) is 6.35. The summed E-state index contributed by atoms with van der Waals surface area (Å²) in [5, 5.41) is 0. The van der Waals surface area contributed by atoms with Crippen molar-refractivity contribution in [1.29, 1.82) is 0 Å². The third kappa shape index (κ3) is 3.29. The number of Topliss-reactive ketones (excluding diaryl/α,β-unsaturated/α-hetero) is 1. The summed E-state index contributed by atoms with van der Waals surface area (Å²) in [5.41, 5.74) is 0.172. The lowest BCUT2D eigenvalue weighted by Crippen LogP contribution is -2.44. The number of halogens is 2. The summed E-state index contributed by atoms with van der Waals surface area (Å²) < 4.78 is 19.2. The van der Waals surface area contributed by atoms with Crippen molar-refractivity contribution in [2.24, 2.45) is 5.92 Å². The number of carbonyl (C=O) groups is 1. The van der Waals surface area contributed by atoms with E-state index in [2.05, 4.69) is 22.9 Å². The first-order chi connectivity index (χ1) is 9.47. The predicted octanol–water partition coefficient (Wildman–Crippen LogP) is 4.30. The van der Waals surface area contributed by atoms with Crippen LogP contribution in [0.25, 0.3) is 0 Å². The van der Waals surface area contributed by atoms with E-state index in [1.165, 1.54) is 6.07 Å². The molecule has 20 heavy (non-hydrogen) atoms. The van der Waals surface area contributed by atoms with E-state index < -0.39 is 5.60 Å². The Morgan fingerprint density at radius 2 is 2.10 bits per heavy atom. The van der Waals surface area contributed by atoms with Crippen LogP contribution in [0.4, 0.5) is 4.39 Å². The van der Waals surface area contributed by atoms with Crippen LogP contribution in [0.3, 0.4) is 0 Å². The maximum atomic E-state index is 13.2. The van der Waals surface area contributed by atoms with Gasteiger partial charge in [-0.25, -0.2) is 4.39 Å². The van der Waals surface area contributed by atoms with Crippen molar-refractivity contribution in [3.05, 3.63) is 34.1 Å². The van der Waals surface area contributed by atoms with E-state index in [-0.39, 0.29) is 11.6 Å². The van der Waals surface area contributed by atoms with Crippen molar-refractivity contribution in [3.63, 3.8) is 0 Å². The first kappa shape index (κ1) is 15.6. The number of ketones is 1. The average Bonchev–Trinajstić information content (AvgIpc) is 2.44. The molecular weight excluding hydrogens is 323 g/mol. The van der Waals surface area contributed by atoms with Crippen molar-refractivity contribution in [2.45, 2.75) is 44.6 Å². The fourth-order valence-corrected chi connectivity index (χ4v) is 3.25. The predicted molar refractivity (Wildman–Crippen MR) is 80.2 cm³/mol. The maximum Gasteiger partial charge on any atom is 0.168 e. The third-order valence-electron chi connectivity index (χ3n) is 4.33. The Morgan fingerprint density at radius 3 is 2.65 bits per heavy atom. The molecule has 1 saturated carbocycles. The van der Waals surface area contributed by atoms with Crippen LogP contribution in [0.1, 0.15) is 38.2 Å². The van der Waals surface area contributed by atoms with Crippen molar-refractivity contribution < 1.29 is 13.9 Å². The highest BCUT2D eigenvalue weighted by atomic mass is 79.9. The van der Waals surface area contributed by atoms with E-state index in [4.69, 9.17) is 4.74 Å². The van der Waals surface area contributed by atoms with Gasteiger partial charge in [0.1, 0.15) is 11.4 Å². The van der Waals surface area contributed by atoms with Crippen molar-refractivity contribution >= 4 is 21.7 Å². The van der Waals surface area contributed by atoms with E-state index in [0.29, 0.717) is 16.8 Å². The highest BCUT2D eigenvalue weighted by Crippen LogP contribution is 2.36. The Bertz CT molecular complexity index is 493. The SMILES string of the molecule is COC1(C(=O)Cc2ccc(F)c(Br)c2)CCC(C)CC1. The minimum Gasteiger partial charge on any atom is -0.370 e. The van der Waals surface area contributed by atoms with Gasteiger partial charge in [0.2, 0.25) is 0 Å². The number of hydrogen-bond acceptors (Lipinski definition) is 2. The molecule has 2 rings (SSSR count). The van der Waals surface area contributed by atoms with Crippen LogP contribution < -0.4 is 0 Å². The molecule has 0 amide bonds. The largest absolute Gasteiger partial charge is 0.370 e. The average molecular weight is 343 g/mol. The van der Waals surface area contributed by atoms with Gasteiger partial charge in [-0.1, -0.05) is 13.0 Å². The van der Waals surface area contributed by atoms with Crippen LogP contribution in [0, 0.1) is 11.7 Å². The van der Waals surface area contributed by atoms with E-state index in [1.807, 2.05) is 0 Å². The molecule has 0 N–H and O–H groups in total. The van der Waals surface area contributed by atoms with E-state index in [1.54, 1.807) is 19.2 Å². The van der Waals surface area contributed by atoms with Gasteiger partial charge in [-0.2, -0.15) is 0 Å². The molecule has 1 aromatic carbocycles. The maximum absolute atomic E-state index is 13.2. The van der Waals surface area contributed by atoms with Gasteiger partial charge in [0, 0.05) is 13.5 Å². The highest BCUT2D eigenvalue weighted by Gasteiger charge is 2.40. The van der Waals surface area contributed by atoms with Gasteiger partial charge in [0.15, 0.2) is 5.78 Å². The Kier molecular flexibility index (Phi) is 4.97. The lowest BCUT2D eigenvalue weighted by atomic mass is 9.76. The summed E-state index contributed by atoms with van der Waals surface area (Å²) in [6, 6.07) is 4.71. The monoisotopic (exact) mass is 342 g/mol. The summed E-state index contributed by atoms with van der Waals surface area (Å²) >= 11 is 3.15. The van der Waals surface area contributed by atoms with Crippen molar-refractivity contribution in [2.75, 3.05) is 7.11 Å². The van der Waals surface area contributed by atoms with Gasteiger partial charge in [0.25, 0.3) is 0 Å². The van der Waals surface area contributed by atoms with Gasteiger partial charge < -0.3 is 4.74 Å². The molecule has 0 saturated heterocycles. The molecule has 1 aliphatic carbocycles. The summed E-state index contributed by atoms with van der Waals surface area (Å²) in [6.07, 6.45) is 3.90. The van der Waals surface area contributed by atoms with Crippen LogP contribution >= 0.6 is 15.9 Å². The van der Waals surface area contributed by atoms with Gasteiger partial charge in [0.05, 0.1) is 4.47 Å². The zero-order valence-corrected chi connectivity index (χ0v) is 13.5. The quantitative estimate of drug-likeness (QED) is 0.815. The molecular formula is C16H20BrFO2. The molecule has 0 aliphatic heterocycles.